The molecule has 0 saturated carbocycles. The zero-order chi connectivity index (χ0) is 15.9. The van der Waals surface area contributed by atoms with Crippen LogP contribution in [0.15, 0.2) is 47.9 Å². The minimum atomic E-state index is -2.84. The minimum absolute atomic E-state index is 0.0925. The van der Waals surface area contributed by atoms with Crippen LogP contribution in [0.25, 0.3) is 6.08 Å². The second-order valence-electron chi connectivity index (χ2n) is 4.53. The van der Waals surface area contributed by atoms with Gasteiger partial charge in [-0.2, -0.15) is 8.78 Å². The van der Waals surface area contributed by atoms with Crippen molar-refractivity contribution in [2.75, 3.05) is 0 Å². The molecular formula is C16H15F2NO2S. The highest BCUT2D eigenvalue weighted by Crippen LogP contribution is 2.19. The van der Waals surface area contributed by atoms with Gasteiger partial charge in [-0.1, -0.05) is 18.2 Å². The number of halogens is 2. The second kappa shape index (κ2) is 7.70. The van der Waals surface area contributed by atoms with Crippen molar-refractivity contribution in [1.82, 2.24) is 5.32 Å². The fourth-order valence-corrected chi connectivity index (χ4v) is 2.44. The van der Waals surface area contributed by atoms with Crippen LogP contribution in [0.3, 0.4) is 0 Å². The minimum Gasteiger partial charge on any atom is -0.435 e. The van der Waals surface area contributed by atoms with E-state index >= 15 is 0 Å². The summed E-state index contributed by atoms with van der Waals surface area (Å²) in [5, 5.41) is 4.74. The number of alkyl halides is 2. The maximum atomic E-state index is 12.1. The first-order valence-corrected chi connectivity index (χ1v) is 7.49. The summed E-state index contributed by atoms with van der Waals surface area (Å²) in [7, 11) is 0. The molecule has 1 amide bonds. The Morgan fingerprint density at radius 3 is 2.59 bits per heavy atom. The lowest BCUT2D eigenvalue weighted by Gasteiger charge is -2.13. The van der Waals surface area contributed by atoms with Crippen molar-refractivity contribution in [2.24, 2.45) is 0 Å². The number of hydrogen-bond donors (Lipinski definition) is 1. The van der Waals surface area contributed by atoms with Crippen molar-refractivity contribution in [3.63, 3.8) is 0 Å². The molecule has 0 fully saturated rings. The topological polar surface area (TPSA) is 38.3 Å². The van der Waals surface area contributed by atoms with Crippen LogP contribution in [0.1, 0.15) is 23.4 Å². The summed E-state index contributed by atoms with van der Waals surface area (Å²) in [6.07, 6.45) is 3.21. The van der Waals surface area contributed by atoms with Crippen LogP contribution in [0.4, 0.5) is 8.78 Å². The molecule has 1 unspecified atom stereocenters. The van der Waals surface area contributed by atoms with Crippen LogP contribution >= 0.6 is 11.3 Å². The molecule has 2 rings (SSSR count). The van der Waals surface area contributed by atoms with Crippen molar-refractivity contribution in [1.29, 1.82) is 0 Å². The van der Waals surface area contributed by atoms with Crippen LogP contribution < -0.4 is 10.1 Å². The van der Waals surface area contributed by atoms with Crippen molar-refractivity contribution in [3.05, 3.63) is 58.3 Å². The molecule has 1 atom stereocenters. The largest absolute Gasteiger partial charge is 0.435 e. The first-order valence-electron chi connectivity index (χ1n) is 6.61. The molecule has 2 aromatic rings. The Balaban J connectivity index is 1.91. The Morgan fingerprint density at radius 2 is 2.00 bits per heavy atom. The van der Waals surface area contributed by atoms with Gasteiger partial charge >= 0.3 is 6.61 Å². The van der Waals surface area contributed by atoms with Crippen molar-refractivity contribution >= 4 is 23.3 Å². The van der Waals surface area contributed by atoms with E-state index in [0.29, 0.717) is 0 Å². The molecule has 116 valence electrons. The first kappa shape index (κ1) is 16.2. The predicted octanol–water partition coefficient (Wildman–Crippen LogP) is 4.24. The van der Waals surface area contributed by atoms with Gasteiger partial charge in [0.25, 0.3) is 0 Å². The van der Waals surface area contributed by atoms with E-state index in [1.165, 1.54) is 18.2 Å². The summed E-state index contributed by atoms with van der Waals surface area (Å²) in [5.74, 6) is -0.122. The number of benzene rings is 1. The normalized spacial score (nSPS) is 12.5. The van der Waals surface area contributed by atoms with Gasteiger partial charge in [0.05, 0.1) is 6.04 Å². The summed E-state index contributed by atoms with van der Waals surface area (Å²) in [5.41, 5.74) is 0.805. The standard InChI is InChI=1S/C16H15F2NO2S/c1-11(12-4-6-13(7-5-12)21-16(17)18)19-15(20)9-8-14-3-2-10-22-14/h2-11,16H,1H3,(H,19,20)/b9-8+. The van der Waals surface area contributed by atoms with Gasteiger partial charge in [0.1, 0.15) is 5.75 Å². The maximum absolute atomic E-state index is 12.1. The van der Waals surface area contributed by atoms with Gasteiger partial charge in [-0.25, -0.2) is 0 Å². The molecule has 6 heteroatoms. The van der Waals surface area contributed by atoms with Gasteiger partial charge in [0, 0.05) is 11.0 Å². The Labute approximate surface area is 131 Å². The lowest BCUT2D eigenvalue weighted by molar-refractivity contribution is -0.117. The molecule has 1 aromatic carbocycles. The average Bonchev–Trinajstić information content (AvgIpc) is 2.98. The number of rotatable bonds is 6. The monoisotopic (exact) mass is 323 g/mol. The molecule has 0 aliphatic heterocycles. The number of carbonyl (C=O) groups excluding carboxylic acids is 1. The molecule has 1 heterocycles. The van der Waals surface area contributed by atoms with Crippen LogP contribution in [-0.4, -0.2) is 12.5 Å². The molecule has 1 aromatic heterocycles. The van der Waals surface area contributed by atoms with Crippen molar-refractivity contribution < 1.29 is 18.3 Å². The smallest absolute Gasteiger partial charge is 0.387 e. The molecular weight excluding hydrogens is 308 g/mol. The van der Waals surface area contributed by atoms with E-state index in [2.05, 4.69) is 10.1 Å². The fourth-order valence-electron chi connectivity index (χ4n) is 1.83. The van der Waals surface area contributed by atoms with Crippen LogP contribution in [-0.2, 0) is 4.79 Å². The van der Waals surface area contributed by atoms with Gasteiger partial charge in [-0.3, -0.25) is 4.79 Å². The Bertz CT molecular complexity index is 624. The predicted molar refractivity (Wildman–Crippen MR) is 83.0 cm³/mol. The van der Waals surface area contributed by atoms with Gasteiger partial charge < -0.3 is 10.1 Å². The van der Waals surface area contributed by atoms with E-state index in [1.807, 2.05) is 24.4 Å². The highest BCUT2D eigenvalue weighted by molar-refractivity contribution is 7.10. The van der Waals surface area contributed by atoms with Gasteiger partial charge in [-0.05, 0) is 42.1 Å². The third-order valence-electron chi connectivity index (χ3n) is 2.91. The summed E-state index contributed by atoms with van der Waals surface area (Å²) in [4.78, 5) is 12.8. The Kier molecular flexibility index (Phi) is 5.66. The zero-order valence-electron chi connectivity index (χ0n) is 11.8. The van der Waals surface area contributed by atoms with Gasteiger partial charge in [-0.15, -0.1) is 11.3 Å². The fraction of sp³-hybridized carbons (Fsp3) is 0.188. The van der Waals surface area contributed by atoms with E-state index in [4.69, 9.17) is 0 Å². The highest BCUT2D eigenvalue weighted by atomic mass is 32.1. The third kappa shape index (κ3) is 4.96. The molecule has 0 saturated heterocycles. The molecule has 3 nitrogen and oxygen atoms in total. The summed E-state index contributed by atoms with van der Waals surface area (Å²) in [6.45, 7) is -1.02. The maximum Gasteiger partial charge on any atom is 0.387 e. The molecule has 0 aliphatic rings. The van der Waals surface area contributed by atoms with Gasteiger partial charge in [0.15, 0.2) is 0 Å². The number of carbonyl (C=O) groups is 1. The molecule has 0 aliphatic carbocycles. The van der Waals surface area contributed by atoms with Crippen LogP contribution in [0.2, 0.25) is 0 Å². The zero-order valence-corrected chi connectivity index (χ0v) is 12.6. The van der Waals surface area contributed by atoms with Crippen LogP contribution in [0, 0.1) is 0 Å². The van der Waals surface area contributed by atoms with Gasteiger partial charge in [0.2, 0.25) is 5.91 Å². The Morgan fingerprint density at radius 1 is 1.27 bits per heavy atom. The molecule has 0 radical (unpaired) electrons. The molecule has 22 heavy (non-hydrogen) atoms. The number of nitrogens with one attached hydrogen (secondary N) is 1. The van der Waals surface area contributed by atoms with Crippen molar-refractivity contribution in [2.45, 2.75) is 19.6 Å². The number of amides is 1. The van der Waals surface area contributed by atoms with E-state index in [0.717, 1.165) is 10.4 Å². The highest BCUT2D eigenvalue weighted by Gasteiger charge is 2.09. The molecule has 0 spiro atoms. The second-order valence-corrected chi connectivity index (χ2v) is 5.51. The molecule has 1 N–H and O–H groups in total. The van der Waals surface area contributed by atoms with E-state index in [-0.39, 0.29) is 17.7 Å². The number of thiophene rings is 1. The number of hydrogen-bond acceptors (Lipinski definition) is 3. The summed E-state index contributed by atoms with van der Waals surface area (Å²) < 4.78 is 28.4. The average molecular weight is 323 g/mol. The molecule has 0 bridgehead atoms. The lowest BCUT2D eigenvalue weighted by atomic mass is 10.1. The van der Waals surface area contributed by atoms with E-state index in [9.17, 15) is 13.6 Å². The van der Waals surface area contributed by atoms with Crippen molar-refractivity contribution in [3.8, 4) is 5.75 Å². The first-order chi connectivity index (χ1) is 10.5. The third-order valence-corrected chi connectivity index (χ3v) is 3.74. The number of ether oxygens (including phenoxy) is 1. The SMILES string of the molecule is CC(NC(=O)/C=C/c1cccs1)c1ccc(OC(F)F)cc1. The van der Waals surface area contributed by atoms with E-state index < -0.39 is 6.61 Å². The lowest BCUT2D eigenvalue weighted by Crippen LogP contribution is -2.24. The van der Waals surface area contributed by atoms with E-state index in [1.54, 1.807) is 29.5 Å². The Hall–Kier alpha value is -2.21. The summed E-state index contributed by atoms with van der Waals surface area (Å²) >= 11 is 1.54. The van der Waals surface area contributed by atoms with Crippen LogP contribution in [0.5, 0.6) is 5.75 Å². The quantitative estimate of drug-likeness (QED) is 0.808. The summed E-state index contributed by atoms with van der Waals surface area (Å²) in [6, 6.07) is 9.78.